The van der Waals surface area contributed by atoms with E-state index in [0.29, 0.717) is 35.8 Å². The highest BCUT2D eigenvalue weighted by Gasteiger charge is 2.18. The maximum Gasteiger partial charge on any atom is 0.341 e. The van der Waals surface area contributed by atoms with Crippen LogP contribution in [0.1, 0.15) is 28.7 Å². The first-order chi connectivity index (χ1) is 14.1. The molecular formula is C22H21ClN4O2. The molecule has 4 aromatic rings. The number of nitrogens with zero attached hydrogens (tertiary/aromatic N) is 2. The minimum absolute atomic E-state index is 0.301. The Bertz CT molecular complexity index is 1170. The lowest BCUT2D eigenvalue weighted by atomic mass is 10.1. The molecule has 148 valence electrons. The quantitative estimate of drug-likeness (QED) is 0.443. The third-order valence-corrected chi connectivity index (χ3v) is 5.23. The van der Waals surface area contributed by atoms with E-state index < -0.39 is 5.97 Å². The SMILES string of the molecule is CCOC(=O)c1cnc2c(C)c(Cl)ccc2c1NCCc1nc2ccccc2[nH]1. The second-order valence-corrected chi connectivity index (χ2v) is 7.12. The number of hydrogen-bond donors (Lipinski definition) is 2. The average molecular weight is 409 g/mol. The summed E-state index contributed by atoms with van der Waals surface area (Å²) in [6.07, 6.45) is 2.22. The number of rotatable bonds is 6. The van der Waals surface area contributed by atoms with Crippen LogP contribution in [0.4, 0.5) is 5.69 Å². The Morgan fingerprint density at radius 2 is 2.07 bits per heavy atom. The van der Waals surface area contributed by atoms with E-state index in [1.165, 1.54) is 0 Å². The molecule has 2 N–H and O–H groups in total. The number of aryl methyl sites for hydroxylation is 1. The number of carbonyl (C=O) groups is 1. The van der Waals surface area contributed by atoms with E-state index in [4.69, 9.17) is 16.3 Å². The van der Waals surface area contributed by atoms with Crippen LogP contribution in [0.25, 0.3) is 21.9 Å². The number of anilines is 1. The highest BCUT2D eigenvalue weighted by Crippen LogP contribution is 2.31. The smallest absolute Gasteiger partial charge is 0.341 e. The normalized spacial score (nSPS) is 11.1. The van der Waals surface area contributed by atoms with Crippen LogP contribution in [-0.2, 0) is 11.2 Å². The zero-order chi connectivity index (χ0) is 20.4. The van der Waals surface area contributed by atoms with Gasteiger partial charge in [0.1, 0.15) is 11.4 Å². The van der Waals surface area contributed by atoms with Gasteiger partial charge in [-0.2, -0.15) is 0 Å². The van der Waals surface area contributed by atoms with E-state index in [9.17, 15) is 4.79 Å². The molecule has 0 unspecified atom stereocenters. The summed E-state index contributed by atoms with van der Waals surface area (Å²) in [5.74, 6) is 0.481. The van der Waals surface area contributed by atoms with E-state index in [-0.39, 0.29) is 0 Å². The minimum atomic E-state index is -0.402. The number of aromatic amines is 1. The first kappa shape index (κ1) is 19.2. The second-order valence-electron chi connectivity index (χ2n) is 6.71. The zero-order valence-electron chi connectivity index (χ0n) is 16.3. The number of nitrogens with one attached hydrogen (secondary N) is 2. The number of pyridine rings is 1. The Morgan fingerprint density at radius 1 is 1.24 bits per heavy atom. The van der Waals surface area contributed by atoms with Gasteiger partial charge >= 0.3 is 5.97 Å². The number of ether oxygens (including phenoxy) is 1. The lowest BCUT2D eigenvalue weighted by Crippen LogP contribution is -2.13. The van der Waals surface area contributed by atoms with Crippen molar-refractivity contribution in [3.8, 4) is 0 Å². The highest BCUT2D eigenvalue weighted by molar-refractivity contribution is 6.32. The van der Waals surface area contributed by atoms with E-state index in [1.54, 1.807) is 13.1 Å². The Labute approximate surface area is 173 Å². The number of fused-ring (bicyclic) bond motifs is 2. The largest absolute Gasteiger partial charge is 0.462 e. The van der Waals surface area contributed by atoms with Crippen molar-refractivity contribution in [1.29, 1.82) is 0 Å². The Hall–Kier alpha value is -3.12. The molecule has 2 aromatic heterocycles. The number of para-hydroxylation sites is 2. The summed E-state index contributed by atoms with van der Waals surface area (Å²) in [6, 6.07) is 11.6. The van der Waals surface area contributed by atoms with Gasteiger partial charge in [0.25, 0.3) is 0 Å². The van der Waals surface area contributed by atoms with Gasteiger partial charge in [-0.15, -0.1) is 0 Å². The Balaban J connectivity index is 1.65. The lowest BCUT2D eigenvalue weighted by Gasteiger charge is -2.15. The number of carbonyl (C=O) groups excluding carboxylic acids is 1. The van der Waals surface area contributed by atoms with Crippen LogP contribution in [0.5, 0.6) is 0 Å². The number of benzene rings is 2. The standard InChI is InChI=1S/C22H21ClN4O2/c1-3-29-22(28)15-12-25-20-13(2)16(23)9-8-14(20)21(15)24-11-10-19-26-17-6-4-5-7-18(17)27-19/h4-9,12H,3,10-11H2,1-2H3,(H,24,25)(H,26,27). The Morgan fingerprint density at radius 3 is 2.86 bits per heavy atom. The van der Waals surface area contributed by atoms with Gasteiger partial charge in [-0.25, -0.2) is 9.78 Å². The number of hydrogen-bond acceptors (Lipinski definition) is 5. The Kier molecular flexibility index (Phi) is 5.36. The highest BCUT2D eigenvalue weighted by atomic mass is 35.5. The van der Waals surface area contributed by atoms with Gasteiger partial charge in [-0.3, -0.25) is 4.98 Å². The van der Waals surface area contributed by atoms with Crippen molar-refractivity contribution in [1.82, 2.24) is 15.0 Å². The number of imidazole rings is 1. The fourth-order valence-corrected chi connectivity index (χ4v) is 3.52. The summed E-state index contributed by atoms with van der Waals surface area (Å²) in [7, 11) is 0. The molecular weight excluding hydrogens is 388 g/mol. The molecule has 0 spiro atoms. The summed E-state index contributed by atoms with van der Waals surface area (Å²) in [4.78, 5) is 24.8. The molecule has 29 heavy (non-hydrogen) atoms. The topological polar surface area (TPSA) is 79.9 Å². The second kappa shape index (κ2) is 8.09. The zero-order valence-corrected chi connectivity index (χ0v) is 17.0. The van der Waals surface area contributed by atoms with Crippen LogP contribution >= 0.6 is 11.6 Å². The monoisotopic (exact) mass is 408 g/mol. The van der Waals surface area contributed by atoms with Gasteiger partial charge in [0.15, 0.2) is 0 Å². The van der Waals surface area contributed by atoms with Crippen molar-refractivity contribution in [3.05, 3.63) is 64.6 Å². The third kappa shape index (κ3) is 3.76. The molecule has 2 aromatic carbocycles. The van der Waals surface area contributed by atoms with Gasteiger partial charge in [0.05, 0.1) is 28.8 Å². The number of halogens is 1. The summed E-state index contributed by atoms with van der Waals surface area (Å²) < 4.78 is 5.21. The predicted molar refractivity (Wildman–Crippen MR) is 116 cm³/mol. The lowest BCUT2D eigenvalue weighted by molar-refractivity contribution is 0.0527. The molecule has 0 aliphatic heterocycles. The van der Waals surface area contributed by atoms with E-state index in [0.717, 1.165) is 33.3 Å². The van der Waals surface area contributed by atoms with Crippen molar-refractivity contribution in [2.75, 3.05) is 18.5 Å². The van der Waals surface area contributed by atoms with Gasteiger partial charge in [0.2, 0.25) is 0 Å². The van der Waals surface area contributed by atoms with Crippen molar-refractivity contribution in [3.63, 3.8) is 0 Å². The van der Waals surface area contributed by atoms with Crippen molar-refractivity contribution in [2.24, 2.45) is 0 Å². The van der Waals surface area contributed by atoms with Gasteiger partial charge in [-0.1, -0.05) is 23.7 Å². The summed E-state index contributed by atoms with van der Waals surface area (Å²) in [5, 5.41) is 4.87. The molecule has 0 aliphatic carbocycles. The summed E-state index contributed by atoms with van der Waals surface area (Å²) in [6.45, 7) is 4.59. The molecule has 0 saturated carbocycles. The summed E-state index contributed by atoms with van der Waals surface area (Å²) >= 11 is 6.25. The van der Waals surface area contributed by atoms with Crippen LogP contribution in [-0.4, -0.2) is 34.1 Å². The molecule has 7 heteroatoms. The number of aromatic nitrogens is 3. The first-order valence-corrected chi connectivity index (χ1v) is 9.88. The number of esters is 1. The molecule has 0 aliphatic rings. The van der Waals surface area contributed by atoms with E-state index in [1.807, 2.05) is 43.3 Å². The van der Waals surface area contributed by atoms with Crippen molar-refractivity contribution >= 4 is 45.2 Å². The average Bonchev–Trinajstić information content (AvgIpc) is 3.13. The van der Waals surface area contributed by atoms with Gasteiger partial charge < -0.3 is 15.0 Å². The molecule has 0 atom stereocenters. The maximum absolute atomic E-state index is 12.5. The minimum Gasteiger partial charge on any atom is -0.462 e. The van der Waals surface area contributed by atoms with Gasteiger partial charge in [-0.05, 0) is 43.7 Å². The molecule has 0 bridgehead atoms. The maximum atomic E-state index is 12.5. The van der Waals surface area contributed by atoms with E-state index >= 15 is 0 Å². The molecule has 6 nitrogen and oxygen atoms in total. The summed E-state index contributed by atoms with van der Waals surface area (Å²) in [5.41, 5.74) is 4.69. The molecule has 0 radical (unpaired) electrons. The van der Waals surface area contributed by atoms with Crippen LogP contribution in [0.15, 0.2) is 42.6 Å². The van der Waals surface area contributed by atoms with Crippen molar-refractivity contribution in [2.45, 2.75) is 20.3 Å². The number of H-pyrrole nitrogens is 1. The molecule has 0 amide bonds. The van der Waals surface area contributed by atoms with Crippen LogP contribution < -0.4 is 5.32 Å². The van der Waals surface area contributed by atoms with Crippen molar-refractivity contribution < 1.29 is 9.53 Å². The van der Waals surface area contributed by atoms with E-state index in [2.05, 4.69) is 20.3 Å². The predicted octanol–water partition coefficient (Wildman–Crippen LogP) is 4.90. The van der Waals surface area contributed by atoms with Crippen LogP contribution in [0, 0.1) is 6.92 Å². The molecule has 0 saturated heterocycles. The van der Waals surface area contributed by atoms with Crippen LogP contribution in [0.3, 0.4) is 0 Å². The third-order valence-electron chi connectivity index (χ3n) is 4.82. The van der Waals surface area contributed by atoms with Crippen LogP contribution in [0.2, 0.25) is 5.02 Å². The van der Waals surface area contributed by atoms with Gasteiger partial charge in [0, 0.05) is 29.6 Å². The first-order valence-electron chi connectivity index (χ1n) is 9.51. The molecule has 0 fully saturated rings. The fraction of sp³-hybridized carbons (Fsp3) is 0.227. The molecule has 4 rings (SSSR count). The fourth-order valence-electron chi connectivity index (χ4n) is 3.37. The molecule has 2 heterocycles.